The second kappa shape index (κ2) is 8.55. The maximum absolute atomic E-state index is 12.8. The van der Waals surface area contributed by atoms with Gasteiger partial charge in [-0.1, -0.05) is 18.9 Å². The molecule has 0 aliphatic carbocycles. The number of unbranched alkanes of at least 4 members (excludes halogenated alkanes) is 3. The lowest BCUT2D eigenvalue weighted by Crippen LogP contribution is -2.46. The van der Waals surface area contributed by atoms with Crippen LogP contribution in [0.3, 0.4) is 0 Å². The van der Waals surface area contributed by atoms with Gasteiger partial charge < -0.3 is 10.6 Å². The lowest BCUT2D eigenvalue weighted by Gasteiger charge is -2.36. The topological polar surface area (TPSA) is 32.5 Å². The number of alkyl halides is 3. The van der Waals surface area contributed by atoms with Crippen LogP contribution >= 0.6 is 0 Å². The zero-order chi connectivity index (χ0) is 16.7. The number of piperazine rings is 1. The number of nitrogens with two attached hydrogens (primary N) is 1. The van der Waals surface area contributed by atoms with Crippen LogP contribution in [0.25, 0.3) is 0 Å². The molecule has 0 saturated carbocycles. The molecule has 1 aromatic rings. The van der Waals surface area contributed by atoms with Crippen molar-refractivity contribution < 1.29 is 13.2 Å². The first-order valence-electron chi connectivity index (χ1n) is 8.35. The lowest BCUT2D eigenvalue weighted by molar-refractivity contribution is -0.137. The van der Waals surface area contributed by atoms with Crippen LogP contribution in [-0.2, 0) is 6.18 Å². The van der Waals surface area contributed by atoms with Crippen LogP contribution in [0.1, 0.15) is 31.2 Å². The van der Waals surface area contributed by atoms with Gasteiger partial charge in [-0.15, -0.1) is 0 Å². The van der Waals surface area contributed by atoms with Crippen molar-refractivity contribution in [1.29, 1.82) is 0 Å². The molecule has 130 valence electrons. The van der Waals surface area contributed by atoms with Gasteiger partial charge in [-0.2, -0.15) is 13.2 Å². The number of hydrogen-bond acceptors (Lipinski definition) is 3. The van der Waals surface area contributed by atoms with Gasteiger partial charge in [0.25, 0.3) is 0 Å². The first-order valence-corrected chi connectivity index (χ1v) is 8.35. The van der Waals surface area contributed by atoms with E-state index >= 15 is 0 Å². The summed E-state index contributed by atoms with van der Waals surface area (Å²) in [6.45, 7) is 5.21. The molecule has 0 spiro atoms. The molecule has 1 fully saturated rings. The highest BCUT2D eigenvalue weighted by molar-refractivity contribution is 5.49. The van der Waals surface area contributed by atoms with E-state index in [0.29, 0.717) is 5.69 Å². The van der Waals surface area contributed by atoms with E-state index in [9.17, 15) is 13.2 Å². The summed E-state index contributed by atoms with van der Waals surface area (Å²) < 4.78 is 38.4. The molecule has 3 nitrogen and oxygen atoms in total. The summed E-state index contributed by atoms with van der Waals surface area (Å²) in [6.07, 6.45) is 0.361. The van der Waals surface area contributed by atoms with Gasteiger partial charge in [0, 0.05) is 31.9 Å². The molecule has 1 aliphatic heterocycles. The van der Waals surface area contributed by atoms with Crippen LogP contribution in [0.15, 0.2) is 24.3 Å². The number of nitrogens with zero attached hydrogens (tertiary/aromatic N) is 2. The average molecular weight is 329 g/mol. The molecule has 0 radical (unpaired) electrons. The highest BCUT2D eigenvalue weighted by atomic mass is 19.4. The number of halogens is 3. The van der Waals surface area contributed by atoms with Crippen molar-refractivity contribution in [3.63, 3.8) is 0 Å². The van der Waals surface area contributed by atoms with Crippen molar-refractivity contribution in [2.24, 2.45) is 5.73 Å². The molecule has 6 heteroatoms. The summed E-state index contributed by atoms with van der Waals surface area (Å²) in [4.78, 5) is 4.44. The van der Waals surface area contributed by atoms with Gasteiger partial charge in [0.2, 0.25) is 0 Å². The third-order valence-corrected chi connectivity index (χ3v) is 4.34. The Morgan fingerprint density at radius 3 is 2.30 bits per heavy atom. The van der Waals surface area contributed by atoms with Crippen LogP contribution in [0.4, 0.5) is 18.9 Å². The minimum Gasteiger partial charge on any atom is -0.369 e. The van der Waals surface area contributed by atoms with E-state index < -0.39 is 11.7 Å². The second-order valence-electron chi connectivity index (χ2n) is 6.08. The Morgan fingerprint density at radius 1 is 0.957 bits per heavy atom. The monoisotopic (exact) mass is 329 g/mol. The summed E-state index contributed by atoms with van der Waals surface area (Å²) in [5.41, 5.74) is 5.57. The van der Waals surface area contributed by atoms with Crippen LogP contribution in [-0.4, -0.2) is 44.2 Å². The summed E-state index contributed by atoms with van der Waals surface area (Å²) in [5, 5.41) is 0. The van der Waals surface area contributed by atoms with E-state index in [0.717, 1.165) is 51.8 Å². The third-order valence-electron chi connectivity index (χ3n) is 4.34. The van der Waals surface area contributed by atoms with Crippen LogP contribution in [0.5, 0.6) is 0 Å². The zero-order valence-electron chi connectivity index (χ0n) is 13.5. The van der Waals surface area contributed by atoms with Gasteiger partial charge in [0.1, 0.15) is 0 Å². The SMILES string of the molecule is NCCCCCCN1CCN(c2cccc(C(F)(F)F)c2)CC1. The van der Waals surface area contributed by atoms with Crippen molar-refractivity contribution in [3.8, 4) is 0 Å². The molecule has 1 aromatic carbocycles. The maximum Gasteiger partial charge on any atom is 0.416 e. The van der Waals surface area contributed by atoms with Gasteiger partial charge in [-0.3, -0.25) is 4.90 Å². The molecule has 2 rings (SSSR count). The Balaban J connectivity index is 1.78. The quantitative estimate of drug-likeness (QED) is 0.779. The van der Waals surface area contributed by atoms with Crippen molar-refractivity contribution in [1.82, 2.24) is 4.90 Å². The van der Waals surface area contributed by atoms with Crippen molar-refractivity contribution >= 4 is 5.69 Å². The molecular weight excluding hydrogens is 303 g/mol. The van der Waals surface area contributed by atoms with E-state index in [-0.39, 0.29) is 0 Å². The van der Waals surface area contributed by atoms with Gasteiger partial charge in [-0.05, 0) is 44.1 Å². The maximum atomic E-state index is 12.8. The molecule has 0 amide bonds. The molecule has 1 heterocycles. The van der Waals surface area contributed by atoms with Crippen LogP contribution < -0.4 is 10.6 Å². The van der Waals surface area contributed by atoms with Crippen molar-refractivity contribution in [3.05, 3.63) is 29.8 Å². The minimum atomic E-state index is -4.28. The van der Waals surface area contributed by atoms with Crippen LogP contribution in [0.2, 0.25) is 0 Å². The smallest absolute Gasteiger partial charge is 0.369 e. The van der Waals surface area contributed by atoms with Gasteiger partial charge >= 0.3 is 6.18 Å². The Kier molecular flexibility index (Phi) is 6.72. The van der Waals surface area contributed by atoms with Crippen molar-refractivity contribution in [2.75, 3.05) is 44.2 Å². The Labute approximate surface area is 136 Å². The fourth-order valence-corrected chi connectivity index (χ4v) is 2.94. The number of benzene rings is 1. The number of hydrogen-bond donors (Lipinski definition) is 1. The molecule has 2 N–H and O–H groups in total. The second-order valence-corrected chi connectivity index (χ2v) is 6.08. The van der Waals surface area contributed by atoms with Crippen molar-refractivity contribution in [2.45, 2.75) is 31.9 Å². The summed E-state index contributed by atoms with van der Waals surface area (Å²) in [6, 6.07) is 5.63. The molecular formula is C17H26F3N3. The summed E-state index contributed by atoms with van der Waals surface area (Å²) >= 11 is 0. The lowest BCUT2D eigenvalue weighted by atomic mass is 10.1. The molecule has 23 heavy (non-hydrogen) atoms. The normalized spacial score (nSPS) is 16.8. The molecule has 0 aromatic heterocycles. The van der Waals surface area contributed by atoms with E-state index in [1.54, 1.807) is 6.07 Å². The van der Waals surface area contributed by atoms with E-state index in [4.69, 9.17) is 5.73 Å². The molecule has 0 atom stereocenters. The molecule has 0 unspecified atom stereocenters. The highest BCUT2D eigenvalue weighted by Gasteiger charge is 2.31. The Bertz CT molecular complexity index is 468. The zero-order valence-corrected chi connectivity index (χ0v) is 13.5. The molecule has 0 bridgehead atoms. The summed E-state index contributed by atoms with van der Waals surface area (Å²) in [5.74, 6) is 0. The number of rotatable bonds is 7. The van der Waals surface area contributed by atoms with Crippen LogP contribution in [0, 0.1) is 0 Å². The van der Waals surface area contributed by atoms with Gasteiger partial charge in [-0.25, -0.2) is 0 Å². The summed E-state index contributed by atoms with van der Waals surface area (Å²) in [7, 11) is 0. The minimum absolute atomic E-state index is 0.572. The standard InChI is InChI=1S/C17H26F3N3/c18-17(19,20)15-6-5-7-16(14-15)23-12-10-22(11-13-23)9-4-2-1-3-8-21/h5-7,14H,1-4,8-13,21H2. The van der Waals surface area contributed by atoms with E-state index in [1.165, 1.54) is 31.4 Å². The number of anilines is 1. The third kappa shape index (κ3) is 5.70. The predicted molar refractivity (Wildman–Crippen MR) is 87.6 cm³/mol. The van der Waals surface area contributed by atoms with Gasteiger partial charge in [0.05, 0.1) is 5.56 Å². The average Bonchev–Trinajstić information content (AvgIpc) is 2.55. The predicted octanol–water partition coefficient (Wildman–Crippen LogP) is 3.35. The van der Waals surface area contributed by atoms with E-state index in [1.807, 2.05) is 4.90 Å². The Hall–Kier alpha value is -1.27. The largest absolute Gasteiger partial charge is 0.416 e. The Morgan fingerprint density at radius 2 is 1.65 bits per heavy atom. The first-order chi connectivity index (χ1) is 11.0. The van der Waals surface area contributed by atoms with Gasteiger partial charge in [0.15, 0.2) is 0 Å². The highest BCUT2D eigenvalue weighted by Crippen LogP contribution is 2.31. The van der Waals surface area contributed by atoms with E-state index in [2.05, 4.69) is 4.90 Å². The molecule has 1 saturated heterocycles. The first kappa shape index (κ1) is 18.1. The fourth-order valence-electron chi connectivity index (χ4n) is 2.94. The molecule has 1 aliphatic rings. The fraction of sp³-hybridized carbons (Fsp3) is 0.647.